The summed E-state index contributed by atoms with van der Waals surface area (Å²) in [6.45, 7) is 2.00. The van der Waals surface area contributed by atoms with E-state index >= 15 is 0 Å². The fourth-order valence-electron chi connectivity index (χ4n) is 2.70. The maximum absolute atomic E-state index is 12.5. The second kappa shape index (κ2) is 5.02. The summed E-state index contributed by atoms with van der Waals surface area (Å²) in [4.78, 5) is 24.8. The summed E-state index contributed by atoms with van der Waals surface area (Å²) in [5.41, 5.74) is 2.96. The quantitative estimate of drug-likeness (QED) is 0.542. The molecule has 21 heavy (non-hydrogen) atoms. The van der Waals surface area contributed by atoms with Crippen molar-refractivity contribution in [1.82, 2.24) is 4.57 Å². The van der Waals surface area contributed by atoms with Gasteiger partial charge in [-0.15, -0.1) is 0 Å². The van der Waals surface area contributed by atoms with E-state index in [2.05, 4.69) is 0 Å². The number of nitrogens with zero attached hydrogens (tertiary/aromatic N) is 1. The lowest BCUT2D eigenvalue weighted by molar-refractivity contribution is 0.0818. The summed E-state index contributed by atoms with van der Waals surface area (Å²) in [6.07, 6.45) is 1.74. The SMILES string of the molecule is Cc1cccc2c(C(=O)C(=O)c3ccccc3)cn(C)c12. The number of carbonyl (C=O) groups is 2. The number of benzene rings is 2. The van der Waals surface area contributed by atoms with Crippen LogP contribution >= 0.6 is 0 Å². The Morgan fingerprint density at radius 2 is 1.62 bits per heavy atom. The van der Waals surface area contributed by atoms with Crippen LogP contribution in [0, 0.1) is 6.92 Å². The van der Waals surface area contributed by atoms with Crippen molar-refractivity contribution in [3.05, 3.63) is 71.4 Å². The van der Waals surface area contributed by atoms with Crippen LogP contribution in [-0.2, 0) is 7.05 Å². The van der Waals surface area contributed by atoms with Gasteiger partial charge in [0.15, 0.2) is 0 Å². The molecule has 0 unspecified atom stereocenters. The van der Waals surface area contributed by atoms with Gasteiger partial charge in [-0.2, -0.15) is 0 Å². The van der Waals surface area contributed by atoms with E-state index in [0.717, 1.165) is 16.5 Å². The topological polar surface area (TPSA) is 39.1 Å². The summed E-state index contributed by atoms with van der Waals surface area (Å²) in [7, 11) is 1.89. The van der Waals surface area contributed by atoms with Gasteiger partial charge in [0, 0.05) is 24.2 Å². The third-order valence-electron chi connectivity index (χ3n) is 3.69. The molecule has 0 aliphatic heterocycles. The van der Waals surface area contributed by atoms with E-state index in [1.807, 2.05) is 42.8 Å². The molecule has 0 fully saturated rings. The molecule has 1 aromatic heterocycles. The standard InChI is InChI=1S/C18H15NO2/c1-12-7-6-10-14-15(11-19(2)16(12)14)18(21)17(20)13-8-4-3-5-9-13/h3-11H,1-2H3. The largest absolute Gasteiger partial charge is 0.350 e. The van der Waals surface area contributed by atoms with Gasteiger partial charge in [-0.05, 0) is 12.5 Å². The Kier molecular flexibility index (Phi) is 3.18. The molecule has 0 N–H and O–H groups in total. The Morgan fingerprint density at radius 1 is 0.905 bits per heavy atom. The Hall–Kier alpha value is -2.68. The second-order valence-electron chi connectivity index (χ2n) is 5.15. The number of carbonyl (C=O) groups excluding carboxylic acids is 2. The molecular weight excluding hydrogens is 262 g/mol. The molecule has 3 heteroatoms. The molecule has 0 amide bonds. The predicted octanol–water partition coefficient (Wildman–Crippen LogP) is 3.55. The van der Waals surface area contributed by atoms with E-state index in [1.54, 1.807) is 30.5 Å². The van der Waals surface area contributed by atoms with E-state index in [4.69, 9.17) is 0 Å². The van der Waals surface area contributed by atoms with E-state index in [-0.39, 0.29) is 0 Å². The van der Waals surface area contributed by atoms with Crippen molar-refractivity contribution in [3.8, 4) is 0 Å². The molecule has 104 valence electrons. The first-order valence-corrected chi connectivity index (χ1v) is 6.78. The number of aryl methyl sites for hydroxylation is 2. The summed E-state index contributed by atoms with van der Waals surface area (Å²) in [5, 5.41) is 0.826. The van der Waals surface area contributed by atoms with Gasteiger partial charge in [0.25, 0.3) is 0 Å². The van der Waals surface area contributed by atoms with Crippen molar-refractivity contribution in [2.45, 2.75) is 6.92 Å². The third-order valence-corrected chi connectivity index (χ3v) is 3.69. The van der Waals surface area contributed by atoms with Crippen LogP contribution in [-0.4, -0.2) is 16.1 Å². The summed E-state index contributed by atoms with van der Waals surface area (Å²) < 4.78 is 1.90. The maximum atomic E-state index is 12.5. The van der Waals surface area contributed by atoms with E-state index in [1.165, 1.54) is 0 Å². The molecule has 2 aromatic carbocycles. The average Bonchev–Trinajstić information content (AvgIpc) is 2.85. The van der Waals surface area contributed by atoms with Crippen LogP contribution in [0.25, 0.3) is 10.9 Å². The van der Waals surface area contributed by atoms with Crippen molar-refractivity contribution < 1.29 is 9.59 Å². The molecule has 0 saturated carbocycles. The van der Waals surface area contributed by atoms with Crippen LogP contribution in [0.5, 0.6) is 0 Å². The monoisotopic (exact) mass is 277 g/mol. The number of aromatic nitrogens is 1. The number of fused-ring (bicyclic) bond motifs is 1. The van der Waals surface area contributed by atoms with E-state index in [9.17, 15) is 9.59 Å². The molecule has 0 radical (unpaired) electrons. The first-order valence-electron chi connectivity index (χ1n) is 6.78. The van der Waals surface area contributed by atoms with Crippen molar-refractivity contribution in [2.75, 3.05) is 0 Å². The Morgan fingerprint density at radius 3 is 2.33 bits per heavy atom. The predicted molar refractivity (Wildman–Crippen MR) is 82.8 cm³/mol. The van der Waals surface area contributed by atoms with Crippen molar-refractivity contribution in [1.29, 1.82) is 0 Å². The first kappa shape index (κ1) is 13.3. The smallest absolute Gasteiger partial charge is 0.235 e. The highest BCUT2D eigenvalue weighted by Gasteiger charge is 2.22. The zero-order valence-corrected chi connectivity index (χ0v) is 12.0. The van der Waals surface area contributed by atoms with Crippen LogP contribution in [0.3, 0.4) is 0 Å². The Bertz CT molecular complexity index is 844. The normalized spacial score (nSPS) is 10.8. The molecule has 0 atom stereocenters. The van der Waals surface area contributed by atoms with Gasteiger partial charge in [0.05, 0.1) is 11.1 Å². The van der Waals surface area contributed by atoms with Crippen LogP contribution < -0.4 is 0 Å². The molecule has 0 bridgehead atoms. The molecule has 0 aliphatic carbocycles. The van der Waals surface area contributed by atoms with Crippen LogP contribution in [0.1, 0.15) is 26.3 Å². The first-order chi connectivity index (χ1) is 10.1. The highest BCUT2D eigenvalue weighted by Crippen LogP contribution is 2.24. The number of rotatable bonds is 3. The molecule has 3 aromatic rings. The molecule has 3 nitrogen and oxygen atoms in total. The summed E-state index contributed by atoms with van der Waals surface area (Å²) in [6, 6.07) is 14.4. The van der Waals surface area contributed by atoms with Crippen molar-refractivity contribution >= 4 is 22.5 Å². The fraction of sp³-hybridized carbons (Fsp3) is 0.111. The van der Waals surface area contributed by atoms with E-state index < -0.39 is 11.6 Å². The molecule has 0 saturated heterocycles. The Balaban J connectivity index is 2.11. The van der Waals surface area contributed by atoms with Crippen LogP contribution in [0.15, 0.2) is 54.7 Å². The zero-order chi connectivity index (χ0) is 15.0. The lowest BCUT2D eigenvalue weighted by atomic mass is 10.0. The van der Waals surface area contributed by atoms with Gasteiger partial charge in [0.1, 0.15) is 0 Å². The second-order valence-corrected chi connectivity index (χ2v) is 5.15. The minimum Gasteiger partial charge on any atom is -0.350 e. The van der Waals surface area contributed by atoms with Crippen LogP contribution in [0.2, 0.25) is 0 Å². The fourth-order valence-corrected chi connectivity index (χ4v) is 2.70. The summed E-state index contributed by atoms with van der Waals surface area (Å²) >= 11 is 0. The molecule has 0 aliphatic rings. The Labute approximate surface area is 122 Å². The molecule has 3 rings (SSSR count). The number of hydrogen-bond acceptors (Lipinski definition) is 2. The number of ketones is 2. The van der Waals surface area contributed by atoms with E-state index in [0.29, 0.717) is 11.1 Å². The van der Waals surface area contributed by atoms with Gasteiger partial charge >= 0.3 is 0 Å². The van der Waals surface area contributed by atoms with Crippen molar-refractivity contribution in [2.24, 2.45) is 7.05 Å². The highest BCUT2D eigenvalue weighted by molar-refractivity contribution is 6.50. The minimum absolute atomic E-state index is 0.423. The van der Waals surface area contributed by atoms with Crippen LogP contribution in [0.4, 0.5) is 0 Å². The zero-order valence-electron chi connectivity index (χ0n) is 12.0. The maximum Gasteiger partial charge on any atom is 0.235 e. The minimum atomic E-state index is -0.468. The molecular formula is C18H15NO2. The lowest BCUT2D eigenvalue weighted by Crippen LogP contribution is -2.14. The molecule has 0 spiro atoms. The number of Topliss-reactive ketones (excluding diaryl/α,β-unsaturated/α-hetero) is 2. The number of para-hydroxylation sites is 1. The van der Waals surface area contributed by atoms with Crippen molar-refractivity contribution in [3.63, 3.8) is 0 Å². The van der Waals surface area contributed by atoms with Gasteiger partial charge in [-0.1, -0.05) is 48.5 Å². The van der Waals surface area contributed by atoms with Gasteiger partial charge in [-0.25, -0.2) is 0 Å². The third kappa shape index (κ3) is 2.17. The summed E-state index contributed by atoms with van der Waals surface area (Å²) in [5.74, 6) is -0.929. The van der Waals surface area contributed by atoms with Gasteiger partial charge < -0.3 is 4.57 Å². The number of hydrogen-bond donors (Lipinski definition) is 0. The average molecular weight is 277 g/mol. The molecule has 1 heterocycles. The van der Waals surface area contributed by atoms with Gasteiger partial charge in [0.2, 0.25) is 11.6 Å². The lowest BCUT2D eigenvalue weighted by Gasteiger charge is -2.01. The van der Waals surface area contributed by atoms with Gasteiger partial charge in [-0.3, -0.25) is 9.59 Å². The highest BCUT2D eigenvalue weighted by atomic mass is 16.2.